The topological polar surface area (TPSA) is 72.8 Å². The van der Waals surface area contributed by atoms with E-state index < -0.39 is 11.9 Å². The molecule has 0 heterocycles. The number of hydrogen-bond acceptors (Lipinski definition) is 4. The van der Waals surface area contributed by atoms with Gasteiger partial charge in [-0.1, -0.05) is 39.0 Å². The van der Waals surface area contributed by atoms with Gasteiger partial charge in [-0.15, -0.1) is 0 Å². The second-order valence-corrected chi connectivity index (χ2v) is 6.34. The Kier molecular flexibility index (Phi) is 5.24. The minimum atomic E-state index is -1.03. The Morgan fingerprint density at radius 1 is 1.00 bits per heavy atom. The third-order valence-corrected chi connectivity index (χ3v) is 3.37. The van der Waals surface area contributed by atoms with Crippen LogP contribution in [-0.2, 0) is 10.2 Å². The van der Waals surface area contributed by atoms with Gasteiger partial charge in [0, 0.05) is 0 Å². The van der Waals surface area contributed by atoms with Crippen LogP contribution in [0.2, 0.25) is 0 Å². The smallest absolute Gasteiger partial charge is 0.349 e. The molecule has 2 rings (SSSR count). The predicted molar refractivity (Wildman–Crippen MR) is 89.7 cm³/mol. The van der Waals surface area contributed by atoms with Gasteiger partial charge in [0.2, 0.25) is 0 Å². The maximum absolute atomic E-state index is 11.9. The molecule has 0 aliphatic carbocycles. The summed E-state index contributed by atoms with van der Waals surface area (Å²) in [6, 6.07) is 13.2. The molecule has 0 aliphatic rings. The minimum absolute atomic E-state index is 0.104. The van der Waals surface area contributed by atoms with E-state index in [1.54, 1.807) is 0 Å². The third kappa shape index (κ3) is 4.59. The summed E-state index contributed by atoms with van der Waals surface area (Å²) in [7, 11) is 0. The van der Waals surface area contributed by atoms with Crippen LogP contribution in [0.15, 0.2) is 48.5 Å². The third-order valence-electron chi connectivity index (χ3n) is 3.37. The Bertz CT molecular complexity index is 726. The number of aromatic carboxylic acids is 1. The predicted octanol–water partition coefficient (Wildman–Crippen LogP) is 3.67. The van der Waals surface area contributed by atoms with Gasteiger partial charge < -0.3 is 14.6 Å². The second-order valence-electron chi connectivity index (χ2n) is 6.34. The molecule has 0 aliphatic heterocycles. The molecule has 0 bridgehead atoms. The van der Waals surface area contributed by atoms with Crippen LogP contribution in [0.5, 0.6) is 11.5 Å². The number of benzene rings is 2. The van der Waals surface area contributed by atoms with Crippen LogP contribution in [0.3, 0.4) is 0 Å². The van der Waals surface area contributed by atoms with E-state index in [1.807, 2.05) is 24.3 Å². The number of rotatable bonds is 5. The van der Waals surface area contributed by atoms with Crippen LogP contribution in [-0.4, -0.2) is 23.7 Å². The van der Waals surface area contributed by atoms with Crippen molar-refractivity contribution in [2.45, 2.75) is 26.2 Å². The number of carbonyl (C=O) groups excluding carboxylic acids is 1. The van der Waals surface area contributed by atoms with E-state index in [9.17, 15) is 9.59 Å². The molecule has 0 saturated heterocycles. The summed E-state index contributed by atoms with van der Waals surface area (Å²) in [6.45, 7) is 5.97. The largest absolute Gasteiger partial charge is 0.482 e. The molecule has 1 N–H and O–H groups in total. The highest BCUT2D eigenvalue weighted by atomic mass is 16.6. The number of hydrogen-bond donors (Lipinski definition) is 1. The molecule has 0 saturated carbocycles. The summed E-state index contributed by atoms with van der Waals surface area (Å²) in [5, 5.41) is 8.83. The Hall–Kier alpha value is -2.82. The van der Waals surface area contributed by atoms with Gasteiger partial charge in [-0.05, 0) is 41.3 Å². The molecule has 5 heteroatoms. The average Bonchev–Trinajstić information content (AvgIpc) is 2.53. The lowest BCUT2D eigenvalue weighted by Gasteiger charge is -2.22. The average molecular weight is 328 g/mol. The minimum Gasteiger partial charge on any atom is -0.482 e. The Balaban J connectivity index is 1.98. The van der Waals surface area contributed by atoms with Gasteiger partial charge in [0.1, 0.15) is 11.5 Å². The molecule has 2 aromatic rings. The van der Waals surface area contributed by atoms with Crippen LogP contribution in [0.25, 0.3) is 0 Å². The molecule has 126 valence electrons. The summed E-state index contributed by atoms with van der Waals surface area (Å²) in [5.41, 5.74) is 1.03. The molecular weight excluding hydrogens is 308 g/mol. The molecule has 0 fully saturated rings. The van der Waals surface area contributed by atoms with Crippen LogP contribution < -0.4 is 9.47 Å². The Morgan fingerprint density at radius 3 is 2.21 bits per heavy atom. The summed E-state index contributed by atoms with van der Waals surface area (Å²) in [6.07, 6.45) is 0. The molecule has 5 nitrogen and oxygen atoms in total. The van der Waals surface area contributed by atoms with E-state index in [-0.39, 0.29) is 23.3 Å². The molecule has 0 atom stereocenters. The first-order valence-corrected chi connectivity index (χ1v) is 7.54. The number of carboxylic acids is 1. The van der Waals surface area contributed by atoms with Crippen molar-refractivity contribution in [2.24, 2.45) is 0 Å². The summed E-state index contributed by atoms with van der Waals surface area (Å²) < 4.78 is 10.7. The number of ether oxygens (including phenoxy) is 2. The molecule has 0 aromatic heterocycles. The maximum Gasteiger partial charge on any atom is 0.349 e. The monoisotopic (exact) mass is 328 g/mol. The SMILES string of the molecule is CC(C)(C)c1ccccc1OCC(=O)Oc1ccc(C(=O)O)cc1. The van der Waals surface area contributed by atoms with Crippen molar-refractivity contribution in [3.8, 4) is 11.5 Å². The van der Waals surface area contributed by atoms with Gasteiger partial charge in [-0.2, -0.15) is 0 Å². The lowest BCUT2D eigenvalue weighted by molar-refractivity contribution is -0.136. The van der Waals surface area contributed by atoms with Crippen molar-refractivity contribution >= 4 is 11.9 Å². The van der Waals surface area contributed by atoms with Gasteiger partial charge >= 0.3 is 11.9 Å². The Morgan fingerprint density at radius 2 is 1.62 bits per heavy atom. The lowest BCUT2D eigenvalue weighted by Crippen LogP contribution is -2.20. The van der Waals surface area contributed by atoms with E-state index in [0.29, 0.717) is 5.75 Å². The Labute approximate surface area is 140 Å². The maximum atomic E-state index is 11.9. The van der Waals surface area contributed by atoms with Gasteiger partial charge in [0.15, 0.2) is 6.61 Å². The van der Waals surface area contributed by atoms with Crippen molar-refractivity contribution < 1.29 is 24.2 Å². The number of esters is 1. The molecule has 24 heavy (non-hydrogen) atoms. The zero-order valence-corrected chi connectivity index (χ0v) is 13.9. The second kappa shape index (κ2) is 7.17. The van der Waals surface area contributed by atoms with Crippen LogP contribution >= 0.6 is 0 Å². The number of carboxylic acid groups (broad SMARTS) is 1. The van der Waals surface area contributed by atoms with Gasteiger partial charge in [0.05, 0.1) is 5.56 Å². The number of para-hydroxylation sites is 1. The van der Waals surface area contributed by atoms with Crippen molar-refractivity contribution in [3.63, 3.8) is 0 Å². The van der Waals surface area contributed by atoms with Gasteiger partial charge in [-0.3, -0.25) is 0 Å². The quantitative estimate of drug-likeness (QED) is 0.670. The lowest BCUT2D eigenvalue weighted by atomic mass is 9.86. The molecular formula is C19H20O5. The highest BCUT2D eigenvalue weighted by molar-refractivity contribution is 5.87. The van der Waals surface area contributed by atoms with E-state index in [4.69, 9.17) is 14.6 Å². The first-order valence-electron chi connectivity index (χ1n) is 7.54. The highest BCUT2D eigenvalue weighted by Crippen LogP contribution is 2.30. The molecule has 0 radical (unpaired) electrons. The zero-order valence-electron chi connectivity index (χ0n) is 13.9. The fraction of sp³-hybridized carbons (Fsp3) is 0.263. The van der Waals surface area contributed by atoms with E-state index in [1.165, 1.54) is 24.3 Å². The summed E-state index contributed by atoms with van der Waals surface area (Å²) >= 11 is 0. The van der Waals surface area contributed by atoms with Gasteiger partial charge in [-0.25, -0.2) is 9.59 Å². The molecule has 0 unspecified atom stereocenters. The highest BCUT2D eigenvalue weighted by Gasteiger charge is 2.19. The molecule has 2 aromatic carbocycles. The molecule has 0 amide bonds. The molecule has 0 spiro atoms. The van der Waals surface area contributed by atoms with Crippen molar-refractivity contribution in [2.75, 3.05) is 6.61 Å². The number of carbonyl (C=O) groups is 2. The van der Waals surface area contributed by atoms with Crippen LogP contribution in [0.1, 0.15) is 36.7 Å². The van der Waals surface area contributed by atoms with Crippen LogP contribution in [0, 0.1) is 0 Å². The summed E-state index contributed by atoms with van der Waals surface area (Å²) in [4.78, 5) is 22.7. The van der Waals surface area contributed by atoms with E-state index in [2.05, 4.69) is 20.8 Å². The van der Waals surface area contributed by atoms with E-state index in [0.717, 1.165) is 5.56 Å². The van der Waals surface area contributed by atoms with E-state index >= 15 is 0 Å². The van der Waals surface area contributed by atoms with Crippen molar-refractivity contribution in [3.05, 3.63) is 59.7 Å². The standard InChI is InChI=1S/C19H20O5/c1-19(2,3)15-6-4-5-7-16(15)23-12-17(20)24-14-10-8-13(9-11-14)18(21)22/h4-11H,12H2,1-3H3,(H,21,22). The fourth-order valence-electron chi connectivity index (χ4n) is 2.18. The van der Waals surface area contributed by atoms with Crippen molar-refractivity contribution in [1.29, 1.82) is 0 Å². The van der Waals surface area contributed by atoms with Crippen molar-refractivity contribution in [1.82, 2.24) is 0 Å². The normalized spacial score (nSPS) is 11.0. The van der Waals surface area contributed by atoms with Crippen LogP contribution in [0.4, 0.5) is 0 Å². The fourth-order valence-corrected chi connectivity index (χ4v) is 2.18. The summed E-state index contributed by atoms with van der Waals surface area (Å²) in [5.74, 6) is -0.669. The van der Waals surface area contributed by atoms with Gasteiger partial charge in [0.25, 0.3) is 0 Å². The first-order chi connectivity index (χ1) is 11.3. The first kappa shape index (κ1) is 17.5. The zero-order chi connectivity index (χ0) is 17.7.